The van der Waals surface area contributed by atoms with Crippen LogP contribution in [0.3, 0.4) is 0 Å². The summed E-state index contributed by atoms with van der Waals surface area (Å²) in [6.07, 6.45) is 0.390. The largest absolute Gasteiger partial charge is 0.481 e. The number of carboxylic acid groups (broad SMARTS) is 1. The van der Waals surface area contributed by atoms with Gasteiger partial charge in [0.05, 0.1) is 0 Å². The van der Waals surface area contributed by atoms with Crippen LogP contribution in [-0.4, -0.2) is 24.0 Å². The number of carboxylic acids is 1. The highest BCUT2D eigenvalue weighted by atomic mass is 16.4. The molecule has 1 amide bonds. The Kier molecular flexibility index (Phi) is 4.69. The summed E-state index contributed by atoms with van der Waals surface area (Å²) in [7, 11) is 1.70. The van der Waals surface area contributed by atoms with Gasteiger partial charge < -0.3 is 10.0 Å². The summed E-state index contributed by atoms with van der Waals surface area (Å²) in [6.45, 7) is 1.75. The quantitative estimate of drug-likeness (QED) is 0.850. The Bertz CT molecular complexity index is 389. The summed E-state index contributed by atoms with van der Waals surface area (Å²) in [5.74, 6) is -1.21. The van der Waals surface area contributed by atoms with Crippen molar-refractivity contribution < 1.29 is 14.7 Å². The minimum Gasteiger partial charge on any atom is -0.481 e. The van der Waals surface area contributed by atoms with Crippen LogP contribution in [0.25, 0.3) is 0 Å². The van der Waals surface area contributed by atoms with Crippen LogP contribution in [0.4, 0.5) is 5.69 Å². The molecule has 1 atom stereocenters. The maximum atomic E-state index is 12.0. The molecule has 0 aliphatic carbocycles. The van der Waals surface area contributed by atoms with Crippen LogP contribution in [-0.2, 0) is 9.59 Å². The van der Waals surface area contributed by atoms with Crippen molar-refractivity contribution in [3.8, 4) is 0 Å². The second-order valence-corrected chi connectivity index (χ2v) is 4.07. The molecule has 0 radical (unpaired) electrons. The average molecular weight is 235 g/mol. The first-order valence-electron chi connectivity index (χ1n) is 5.56. The molecule has 0 fully saturated rings. The highest BCUT2D eigenvalue weighted by molar-refractivity contribution is 5.94. The Hall–Kier alpha value is -1.84. The second kappa shape index (κ2) is 6.03. The summed E-state index contributed by atoms with van der Waals surface area (Å²) in [6, 6.07) is 9.31. The van der Waals surface area contributed by atoms with Gasteiger partial charge in [0.25, 0.3) is 0 Å². The van der Waals surface area contributed by atoms with Crippen molar-refractivity contribution >= 4 is 17.6 Å². The molecule has 0 saturated heterocycles. The van der Waals surface area contributed by atoms with Gasteiger partial charge in [-0.3, -0.25) is 9.59 Å². The Balaban J connectivity index is 2.60. The van der Waals surface area contributed by atoms with E-state index < -0.39 is 5.97 Å². The third-order valence-electron chi connectivity index (χ3n) is 2.69. The highest BCUT2D eigenvalue weighted by Gasteiger charge is 2.19. The van der Waals surface area contributed by atoms with Gasteiger partial charge in [-0.25, -0.2) is 0 Å². The van der Waals surface area contributed by atoms with E-state index in [0.29, 0.717) is 6.42 Å². The Morgan fingerprint density at radius 3 is 2.41 bits per heavy atom. The number of aliphatic carboxylic acids is 1. The molecule has 0 aromatic heterocycles. The van der Waals surface area contributed by atoms with Gasteiger partial charge in [0, 0.05) is 25.1 Å². The summed E-state index contributed by atoms with van der Waals surface area (Å²) >= 11 is 0. The smallest absolute Gasteiger partial charge is 0.303 e. The van der Waals surface area contributed by atoms with Gasteiger partial charge in [0.15, 0.2) is 0 Å². The van der Waals surface area contributed by atoms with E-state index in [1.807, 2.05) is 30.3 Å². The van der Waals surface area contributed by atoms with Crippen LogP contribution in [0.1, 0.15) is 19.8 Å². The molecule has 1 unspecified atom stereocenters. The van der Waals surface area contributed by atoms with Crippen LogP contribution in [0.2, 0.25) is 0 Å². The van der Waals surface area contributed by atoms with E-state index in [4.69, 9.17) is 5.11 Å². The second-order valence-electron chi connectivity index (χ2n) is 4.07. The number of anilines is 1. The molecule has 0 aliphatic heterocycles. The monoisotopic (exact) mass is 235 g/mol. The molecule has 92 valence electrons. The lowest BCUT2D eigenvalue weighted by Gasteiger charge is -2.21. The van der Waals surface area contributed by atoms with E-state index in [9.17, 15) is 9.59 Å². The van der Waals surface area contributed by atoms with Gasteiger partial charge in [-0.15, -0.1) is 0 Å². The Morgan fingerprint density at radius 1 is 1.29 bits per heavy atom. The molecular formula is C13H17NO3. The molecule has 0 saturated carbocycles. The van der Waals surface area contributed by atoms with E-state index in [-0.39, 0.29) is 18.2 Å². The van der Waals surface area contributed by atoms with Crippen LogP contribution in [0.15, 0.2) is 30.3 Å². The fourth-order valence-electron chi connectivity index (χ4n) is 1.57. The molecule has 1 aromatic carbocycles. The Morgan fingerprint density at radius 2 is 1.88 bits per heavy atom. The predicted octanol–water partition coefficient (Wildman–Crippen LogP) is 2.15. The molecule has 0 spiro atoms. The molecule has 0 heterocycles. The number of amides is 1. The maximum Gasteiger partial charge on any atom is 0.303 e. The van der Waals surface area contributed by atoms with Crippen molar-refractivity contribution in [2.24, 2.45) is 5.92 Å². The minimum absolute atomic E-state index is 0.0233. The molecule has 1 rings (SSSR count). The van der Waals surface area contributed by atoms with Crippen molar-refractivity contribution in [1.29, 1.82) is 0 Å². The molecule has 17 heavy (non-hydrogen) atoms. The standard InChI is InChI=1S/C13H17NO3/c1-10(8-9-12(15)16)13(17)14(2)11-6-4-3-5-7-11/h3-7,10H,8-9H2,1-2H3,(H,15,16). The third kappa shape index (κ3) is 3.90. The number of para-hydroxylation sites is 1. The molecule has 4 nitrogen and oxygen atoms in total. The van der Waals surface area contributed by atoms with Crippen molar-refractivity contribution in [3.63, 3.8) is 0 Å². The first kappa shape index (κ1) is 13.2. The number of carbonyl (C=O) groups excluding carboxylic acids is 1. The molecule has 0 aliphatic rings. The van der Waals surface area contributed by atoms with Gasteiger partial charge in [-0.2, -0.15) is 0 Å². The summed E-state index contributed by atoms with van der Waals surface area (Å²) in [4.78, 5) is 24.0. The van der Waals surface area contributed by atoms with Crippen LogP contribution in [0.5, 0.6) is 0 Å². The first-order valence-corrected chi connectivity index (χ1v) is 5.56. The molecule has 4 heteroatoms. The number of rotatable bonds is 5. The topological polar surface area (TPSA) is 57.6 Å². The number of nitrogens with zero attached hydrogens (tertiary/aromatic N) is 1. The highest BCUT2D eigenvalue weighted by Crippen LogP contribution is 2.16. The fraction of sp³-hybridized carbons (Fsp3) is 0.385. The zero-order chi connectivity index (χ0) is 12.8. The summed E-state index contributed by atoms with van der Waals surface area (Å²) in [5.41, 5.74) is 0.819. The SMILES string of the molecule is CC(CCC(=O)O)C(=O)N(C)c1ccccc1. The van der Waals surface area contributed by atoms with Gasteiger partial charge in [0.2, 0.25) is 5.91 Å². The molecular weight excluding hydrogens is 218 g/mol. The van der Waals surface area contributed by atoms with Gasteiger partial charge >= 0.3 is 5.97 Å². The predicted molar refractivity (Wildman–Crippen MR) is 65.9 cm³/mol. The van der Waals surface area contributed by atoms with Crippen molar-refractivity contribution in [3.05, 3.63) is 30.3 Å². The zero-order valence-electron chi connectivity index (χ0n) is 10.1. The number of hydrogen-bond donors (Lipinski definition) is 1. The molecule has 0 bridgehead atoms. The van der Waals surface area contributed by atoms with Gasteiger partial charge in [-0.05, 0) is 18.6 Å². The lowest BCUT2D eigenvalue weighted by Crippen LogP contribution is -2.31. The van der Waals surface area contributed by atoms with E-state index >= 15 is 0 Å². The molecule has 1 N–H and O–H groups in total. The van der Waals surface area contributed by atoms with Crippen molar-refractivity contribution in [1.82, 2.24) is 0 Å². The minimum atomic E-state index is -0.869. The average Bonchev–Trinajstić information content (AvgIpc) is 2.35. The van der Waals surface area contributed by atoms with Crippen LogP contribution < -0.4 is 4.90 Å². The zero-order valence-corrected chi connectivity index (χ0v) is 10.1. The van der Waals surface area contributed by atoms with E-state index in [0.717, 1.165) is 5.69 Å². The van der Waals surface area contributed by atoms with Crippen molar-refractivity contribution in [2.45, 2.75) is 19.8 Å². The van der Waals surface area contributed by atoms with Gasteiger partial charge in [0.1, 0.15) is 0 Å². The number of hydrogen-bond acceptors (Lipinski definition) is 2. The van der Waals surface area contributed by atoms with E-state index in [1.54, 1.807) is 18.9 Å². The fourth-order valence-corrected chi connectivity index (χ4v) is 1.57. The lowest BCUT2D eigenvalue weighted by molar-refractivity contribution is -0.137. The number of carbonyl (C=O) groups is 2. The van der Waals surface area contributed by atoms with Crippen LogP contribution >= 0.6 is 0 Å². The summed E-state index contributed by atoms with van der Waals surface area (Å²) in [5, 5.41) is 8.57. The summed E-state index contributed by atoms with van der Waals surface area (Å²) < 4.78 is 0. The van der Waals surface area contributed by atoms with Gasteiger partial charge in [-0.1, -0.05) is 25.1 Å². The van der Waals surface area contributed by atoms with E-state index in [1.165, 1.54) is 0 Å². The first-order chi connectivity index (χ1) is 8.02. The maximum absolute atomic E-state index is 12.0. The molecule has 1 aromatic rings. The van der Waals surface area contributed by atoms with Crippen LogP contribution in [0, 0.1) is 5.92 Å². The van der Waals surface area contributed by atoms with E-state index in [2.05, 4.69) is 0 Å². The third-order valence-corrected chi connectivity index (χ3v) is 2.69. The normalized spacial score (nSPS) is 11.9. The Labute approximate surface area is 101 Å². The lowest BCUT2D eigenvalue weighted by atomic mass is 10.0. The number of benzene rings is 1. The van der Waals surface area contributed by atoms with Crippen molar-refractivity contribution in [2.75, 3.05) is 11.9 Å².